The molecule has 0 unspecified atom stereocenters. The highest BCUT2D eigenvalue weighted by Crippen LogP contribution is 2.43. The maximum atomic E-state index is 12.1. The van der Waals surface area contributed by atoms with E-state index in [1.807, 2.05) is 19.1 Å². The summed E-state index contributed by atoms with van der Waals surface area (Å²) in [6.07, 6.45) is 6.32. The number of hydrogen-bond acceptors (Lipinski definition) is 4. The first-order valence-corrected chi connectivity index (χ1v) is 8.05. The van der Waals surface area contributed by atoms with Gasteiger partial charge in [0.05, 0.1) is 19.1 Å². The molecule has 1 amide bonds. The fourth-order valence-electron chi connectivity index (χ4n) is 3.29. The van der Waals surface area contributed by atoms with Crippen LogP contribution in [0.4, 0.5) is 0 Å². The topological polar surface area (TPSA) is 87.2 Å². The minimum atomic E-state index is -0.454. The lowest BCUT2D eigenvalue weighted by Crippen LogP contribution is -2.13. The molecule has 0 bridgehead atoms. The second kappa shape index (κ2) is 6.47. The summed E-state index contributed by atoms with van der Waals surface area (Å²) >= 11 is 0. The molecule has 0 aliphatic heterocycles. The number of hydrogen-bond donors (Lipinski definition) is 1. The lowest BCUT2D eigenvalue weighted by atomic mass is 9.99. The van der Waals surface area contributed by atoms with Crippen molar-refractivity contribution in [2.24, 2.45) is 5.73 Å². The lowest BCUT2D eigenvalue weighted by Gasteiger charge is -2.12. The van der Waals surface area contributed by atoms with E-state index < -0.39 is 5.91 Å². The maximum absolute atomic E-state index is 12.1. The van der Waals surface area contributed by atoms with Crippen LogP contribution in [0.1, 0.15) is 47.1 Å². The van der Waals surface area contributed by atoms with E-state index in [0.29, 0.717) is 18.0 Å². The Morgan fingerprint density at radius 1 is 1.42 bits per heavy atom. The molecule has 0 saturated heterocycles. The largest absolute Gasteiger partial charge is 0.469 e. The average molecular weight is 327 g/mol. The maximum Gasteiger partial charge on any atom is 0.305 e. The Hall–Kier alpha value is -2.63. The Bertz CT molecular complexity index is 777. The molecule has 2 heterocycles. The molecule has 126 valence electrons. The van der Waals surface area contributed by atoms with Gasteiger partial charge in [-0.05, 0) is 32.3 Å². The van der Waals surface area contributed by atoms with Crippen LogP contribution in [0.5, 0.6) is 0 Å². The molecule has 0 spiro atoms. The number of methoxy groups -OCH3 is 1. The molecule has 0 radical (unpaired) electrons. The summed E-state index contributed by atoms with van der Waals surface area (Å²) < 4.78 is 6.94. The summed E-state index contributed by atoms with van der Waals surface area (Å²) in [6, 6.07) is 4.11. The van der Waals surface area contributed by atoms with Crippen molar-refractivity contribution in [3.8, 4) is 11.1 Å². The fraction of sp³-hybridized carbons (Fsp3) is 0.389. The second-order valence-electron chi connectivity index (χ2n) is 6.07. The molecule has 3 rings (SSSR count). The summed E-state index contributed by atoms with van der Waals surface area (Å²) in [5.41, 5.74) is 9.66. The third-order valence-electron chi connectivity index (χ3n) is 4.45. The van der Waals surface area contributed by atoms with E-state index in [4.69, 9.17) is 10.5 Å². The van der Waals surface area contributed by atoms with Crippen LogP contribution < -0.4 is 5.73 Å². The Kier molecular flexibility index (Phi) is 4.38. The number of rotatable bonds is 6. The summed E-state index contributed by atoms with van der Waals surface area (Å²) in [5, 5.41) is 0. The first-order chi connectivity index (χ1) is 11.5. The van der Waals surface area contributed by atoms with Gasteiger partial charge in [-0.25, -0.2) is 0 Å². The van der Waals surface area contributed by atoms with Crippen molar-refractivity contribution >= 4 is 11.9 Å². The van der Waals surface area contributed by atoms with E-state index in [9.17, 15) is 9.59 Å². The van der Waals surface area contributed by atoms with E-state index >= 15 is 0 Å². The number of nitrogens with zero attached hydrogens (tertiary/aromatic N) is 2. The average Bonchev–Trinajstić information content (AvgIpc) is 3.36. The molecule has 6 heteroatoms. The van der Waals surface area contributed by atoms with Crippen LogP contribution in [0.15, 0.2) is 24.5 Å². The van der Waals surface area contributed by atoms with Gasteiger partial charge in [-0.1, -0.05) is 6.07 Å². The van der Waals surface area contributed by atoms with Crippen molar-refractivity contribution in [2.75, 3.05) is 7.11 Å². The molecule has 1 saturated carbocycles. The highest BCUT2D eigenvalue weighted by molar-refractivity contribution is 6.02. The van der Waals surface area contributed by atoms with Crippen LogP contribution in [0.25, 0.3) is 11.1 Å². The molecule has 1 fully saturated rings. The first kappa shape index (κ1) is 16.2. The van der Waals surface area contributed by atoms with Crippen LogP contribution in [0.2, 0.25) is 0 Å². The van der Waals surface area contributed by atoms with Gasteiger partial charge in [0.15, 0.2) is 0 Å². The lowest BCUT2D eigenvalue weighted by molar-refractivity contribution is -0.140. The van der Waals surface area contributed by atoms with Crippen LogP contribution >= 0.6 is 0 Å². The zero-order valence-corrected chi connectivity index (χ0v) is 13.9. The normalized spacial score (nSPS) is 13.8. The molecule has 2 aromatic heterocycles. The van der Waals surface area contributed by atoms with Gasteiger partial charge in [-0.3, -0.25) is 14.6 Å². The van der Waals surface area contributed by atoms with E-state index in [1.54, 1.807) is 12.4 Å². The van der Waals surface area contributed by atoms with Crippen LogP contribution in [0, 0.1) is 6.92 Å². The van der Waals surface area contributed by atoms with Gasteiger partial charge >= 0.3 is 5.97 Å². The summed E-state index contributed by atoms with van der Waals surface area (Å²) in [6.45, 7) is 1.92. The number of amides is 1. The van der Waals surface area contributed by atoms with Gasteiger partial charge in [0, 0.05) is 41.0 Å². The molecule has 2 N–H and O–H groups in total. The Balaban J connectivity index is 2.17. The number of nitrogens with two attached hydrogens (primary N) is 1. The van der Waals surface area contributed by atoms with Gasteiger partial charge in [-0.2, -0.15) is 0 Å². The molecular weight excluding hydrogens is 306 g/mol. The highest BCUT2D eigenvalue weighted by Gasteiger charge is 2.33. The smallest absolute Gasteiger partial charge is 0.305 e. The fourth-order valence-corrected chi connectivity index (χ4v) is 3.29. The Labute approximate surface area is 140 Å². The van der Waals surface area contributed by atoms with Gasteiger partial charge in [-0.15, -0.1) is 0 Å². The number of aromatic nitrogens is 2. The van der Waals surface area contributed by atoms with Crippen molar-refractivity contribution < 1.29 is 14.3 Å². The van der Waals surface area contributed by atoms with Crippen LogP contribution in [-0.2, 0) is 16.0 Å². The molecule has 1 aliphatic rings. The quantitative estimate of drug-likeness (QED) is 0.825. The number of pyridine rings is 1. The summed E-state index contributed by atoms with van der Waals surface area (Å²) in [7, 11) is 1.38. The zero-order valence-electron chi connectivity index (χ0n) is 13.9. The van der Waals surface area contributed by atoms with E-state index in [-0.39, 0.29) is 12.4 Å². The van der Waals surface area contributed by atoms with Gasteiger partial charge in [0.1, 0.15) is 0 Å². The molecule has 2 aromatic rings. The molecule has 1 aliphatic carbocycles. The number of ether oxygens (including phenoxy) is 1. The number of carbonyl (C=O) groups is 2. The van der Waals surface area contributed by atoms with E-state index in [2.05, 4.69) is 9.55 Å². The molecule has 6 nitrogen and oxygen atoms in total. The SMILES string of the molecule is COC(=O)CCc1c(-c2cccnc2)c(C(N)=O)c(C)n1C1CC1. The Morgan fingerprint density at radius 2 is 2.17 bits per heavy atom. The van der Waals surface area contributed by atoms with Crippen molar-refractivity contribution in [1.82, 2.24) is 9.55 Å². The third kappa shape index (κ3) is 2.91. The second-order valence-corrected chi connectivity index (χ2v) is 6.07. The number of esters is 1. The third-order valence-corrected chi connectivity index (χ3v) is 4.45. The zero-order chi connectivity index (χ0) is 17.3. The monoisotopic (exact) mass is 327 g/mol. The molecule has 0 atom stereocenters. The summed E-state index contributed by atoms with van der Waals surface area (Å²) in [5.74, 6) is -0.723. The number of carbonyl (C=O) groups excluding carboxylic acids is 2. The standard InChI is InChI=1S/C18H21N3O3/c1-11-16(18(19)23)17(12-4-3-9-20-10-12)14(7-8-15(22)24-2)21(11)13-5-6-13/h3-4,9-10,13H,5-8H2,1-2H3,(H2,19,23). The van der Waals surface area contributed by atoms with Crippen molar-refractivity contribution in [1.29, 1.82) is 0 Å². The molecular formula is C18H21N3O3. The van der Waals surface area contributed by atoms with Crippen molar-refractivity contribution in [3.05, 3.63) is 41.5 Å². The Morgan fingerprint density at radius 3 is 2.71 bits per heavy atom. The molecule has 0 aromatic carbocycles. The van der Waals surface area contributed by atoms with Gasteiger partial charge in [0.2, 0.25) is 0 Å². The predicted molar refractivity (Wildman–Crippen MR) is 89.5 cm³/mol. The van der Waals surface area contributed by atoms with E-state index in [0.717, 1.165) is 35.4 Å². The van der Waals surface area contributed by atoms with E-state index in [1.165, 1.54) is 7.11 Å². The molecule has 24 heavy (non-hydrogen) atoms. The van der Waals surface area contributed by atoms with Crippen LogP contribution in [0.3, 0.4) is 0 Å². The van der Waals surface area contributed by atoms with Gasteiger partial charge in [0.25, 0.3) is 5.91 Å². The highest BCUT2D eigenvalue weighted by atomic mass is 16.5. The van der Waals surface area contributed by atoms with Crippen molar-refractivity contribution in [3.63, 3.8) is 0 Å². The predicted octanol–water partition coefficient (Wildman–Crippen LogP) is 2.40. The van der Waals surface area contributed by atoms with Gasteiger partial charge < -0.3 is 15.0 Å². The van der Waals surface area contributed by atoms with Crippen molar-refractivity contribution in [2.45, 2.75) is 38.6 Å². The first-order valence-electron chi connectivity index (χ1n) is 8.05. The minimum absolute atomic E-state index is 0.262. The minimum Gasteiger partial charge on any atom is -0.469 e. The number of primary amides is 1. The van der Waals surface area contributed by atoms with Crippen LogP contribution in [-0.4, -0.2) is 28.5 Å². The summed E-state index contributed by atoms with van der Waals surface area (Å²) in [4.78, 5) is 27.9.